The monoisotopic (exact) mass is 274 g/mol. The number of ether oxygens (including phenoxy) is 1. The molecule has 0 aromatic heterocycles. The maximum Gasteiger partial charge on any atom is 0.126 e. The Kier molecular flexibility index (Phi) is 5.13. The van der Waals surface area contributed by atoms with Crippen molar-refractivity contribution < 1.29 is 14.2 Å². The van der Waals surface area contributed by atoms with E-state index < -0.39 is 0 Å². The zero-order valence-electron chi connectivity index (χ0n) is 11.6. The van der Waals surface area contributed by atoms with Gasteiger partial charge in [0.25, 0.3) is 0 Å². The standard InChI is InChI=1S/C17H19FO2/c1-2-20-15-7-5-6-13(11-15)10-14(12-19)16-8-3-4-9-17(16)18/h3-9,11,14,19H,2,10,12H2,1H3. The van der Waals surface area contributed by atoms with Gasteiger partial charge in [-0.25, -0.2) is 4.39 Å². The molecule has 0 aliphatic rings. The van der Waals surface area contributed by atoms with Crippen LogP contribution in [-0.4, -0.2) is 18.3 Å². The SMILES string of the molecule is CCOc1cccc(CC(CO)c2ccccc2F)c1. The molecule has 0 bridgehead atoms. The van der Waals surface area contributed by atoms with E-state index in [1.807, 2.05) is 31.2 Å². The van der Waals surface area contributed by atoms with Crippen LogP contribution in [0.2, 0.25) is 0 Å². The molecule has 1 N–H and O–H groups in total. The fourth-order valence-corrected chi connectivity index (χ4v) is 2.29. The molecule has 1 atom stereocenters. The molecule has 0 aliphatic carbocycles. The lowest BCUT2D eigenvalue weighted by molar-refractivity contribution is 0.261. The third-order valence-corrected chi connectivity index (χ3v) is 3.26. The first-order chi connectivity index (χ1) is 9.74. The van der Waals surface area contributed by atoms with Crippen molar-refractivity contribution in [1.82, 2.24) is 0 Å². The van der Waals surface area contributed by atoms with Crippen LogP contribution < -0.4 is 4.74 Å². The quantitative estimate of drug-likeness (QED) is 0.873. The van der Waals surface area contributed by atoms with Crippen molar-refractivity contribution in [3.8, 4) is 5.75 Å². The highest BCUT2D eigenvalue weighted by atomic mass is 19.1. The summed E-state index contributed by atoms with van der Waals surface area (Å²) in [5.41, 5.74) is 1.58. The first kappa shape index (κ1) is 14.5. The lowest BCUT2D eigenvalue weighted by atomic mass is 9.92. The van der Waals surface area contributed by atoms with Crippen molar-refractivity contribution >= 4 is 0 Å². The van der Waals surface area contributed by atoms with Gasteiger partial charge >= 0.3 is 0 Å². The Morgan fingerprint density at radius 1 is 1.15 bits per heavy atom. The summed E-state index contributed by atoms with van der Waals surface area (Å²) < 4.78 is 19.2. The van der Waals surface area contributed by atoms with E-state index in [0.29, 0.717) is 18.6 Å². The van der Waals surface area contributed by atoms with Crippen LogP contribution in [0.1, 0.15) is 24.0 Å². The first-order valence-corrected chi connectivity index (χ1v) is 6.81. The van der Waals surface area contributed by atoms with E-state index in [2.05, 4.69) is 0 Å². The highest BCUT2D eigenvalue weighted by molar-refractivity contribution is 5.31. The Balaban J connectivity index is 2.18. The van der Waals surface area contributed by atoms with Crippen LogP contribution in [0.3, 0.4) is 0 Å². The molecule has 2 nitrogen and oxygen atoms in total. The van der Waals surface area contributed by atoms with E-state index in [1.54, 1.807) is 18.2 Å². The fraction of sp³-hybridized carbons (Fsp3) is 0.294. The largest absolute Gasteiger partial charge is 0.494 e. The molecular weight excluding hydrogens is 255 g/mol. The second-order valence-electron chi connectivity index (χ2n) is 4.69. The number of aliphatic hydroxyl groups excluding tert-OH is 1. The minimum atomic E-state index is -0.271. The molecular formula is C17H19FO2. The average Bonchev–Trinajstić information content (AvgIpc) is 2.46. The third-order valence-electron chi connectivity index (χ3n) is 3.26. The van der Waals surface area contributed by atoms with Gasteiger partial charge in [-0.15, -0.1) is 0 Å². The van der Waals surface area contributed by atoms with Crippen LogP contribution in [0.25, 0.3) is 0 Å². The molecule has 0 heterocycles. The minimum Gasteiger partial charge on any atom is -0.494 e. The first-order valence-electron chi connectivity index (χ1n) is 6.81. The summed E-state index contributed by atoms with van der Waals surface area (Å²) in [7, 11) is 0. The van der Waals surface area contributed by atoms with E-state index >= 15 is 0 Å². The molecule has 20 heavy (non-hydrogen) atoms. The molecule has 2 aromatic rings. The molecule has 2 aromatic carbocycles. The molecule has 3 heteroatoms. The number of halogens is 1. The van der Waals surface area contributed by atoms with Gasteiger partial charge in [0, 0.05) is 5.92 Å². The molecule has 1 unspecified atom stereocenters. The highest BCUT2D eigenvalue weighted by Crippen LogP contribution is 2.24. The predicted octanol–water partition coefficient (Wildman–Crippen LogP) is 3.54. The van der Waals surface area contributed by atoms with Crippen LogP contribution >= 0.6 is 0 Å². The number of aliphatic hydroxyl groups is 1. The van der Waals surface area contributed by atoms with Crippen molar-refractivity contribution in [3.05, 3.63) is 65.5 Å². The van der Waals surface area contributed by atoms with Gasteiger partial charge in [0.05, 0.1) is 13.2 Å². The zero-order valence-corrected chi connectivity index (χ0v) is 11.6. The number of hydrogen-bond acceptors (Lipinski definition) is 2. The Morgan fingerprint density at radius 2 is 1.95 bits per heavy atom. The molecule has 106 valence electrons. The molecule has 0 saturated carbocycles. The summed E-state index contributed by atoms with van der Waals surface area (Å²) >= 11 is 0. The van der Waals surface area contributed by atoms with Gasteiger partial charge in [0.1, 0.15) is 11.6 Å². The second kappa shape index (κ2) is 7.06. The Hall–Kier alpha value is -1.87. The van der Waals surface area contributed by atoms with E-state index in [0.717, 1.165) is 11.3 Å². The molecule has 0 amide bonds. The van der Waals surface area contributed by atoms with Gasteiger partial charge in [-0.1, -0.05) is 30.3 Å². The third kappa shape index (κ3) is 3.58. The fourth-order valence-electron chi connectivity index (χ4n) is 2.29. The van der Waals surface area contributed by atoms with Gasteiger partial charge in [0.15, 0.2) is 0 Å². The normalized spacial score (nSPS) is 12.2. The van der Waals surface area contributed by atoms with E-state index in [9.17, 15) is 9.50 Å². The molecule has 0 spiro atoms. The molecule has 0 fully saturated rings. The average molecular weight is 274 g/mol. The van der Waals surface area contributed by atoms with E-state index in [-0.39, 0.29) is 18.3 Å². The van der Waals surface area contributed by atoms with Crippen LogP contribution in [0.15, 0.2) is 48.5 Å². The van der Waals surface area contributed by atoms with Crippen molar-refractivity contribution in [1.29, 1.82) is 0 Å². The van der Waals surface area contributed by atoms with Gasteiger partial charge in [-0.05, 0) is 42.7 Å². The summed E-state index contributed by atoms with van der Waals surface area (Å²) in [6.45, 7) is 2.46. The highest BCUT2D eigenvalue weighted by Gasteiger charge is 2.15. The molecule has 0 saturated heterocycles. The van der Waals surface area contributed by atoms with Crippen LogP contribution in [0, 0.1) is 5.82 Å². The smallest absolute Gasteiger partial charge is 0.126 e. The van der Waals surface area contributed by atoms with Crippen LogP contribution in [-0.2, 0) is 6.42 Å². The maximum atomic E-state index is 13.8. The molecule has 2 rings (SSSR count). The Morgan fingerprint density at radius 3 is 2.65 bits per heavy atom. The van der Waals surface area contributed by atoms with Gasteiger partial charge in [-0.2, -0.15) is 0 Å². The van der Waals surface area contributed by atoms with E-state index in [4.69, 9.17) is 4.74 Å². The van der Waals surface area contributed by atoms with Crippen LogP contribution in [0.4, 0.5) is 4.39 Å². The van der Waals surface area contributed by atoms with Crippen molar-refractivity contribution in [2.45, 2.75) is 19.3 Å². The lowest BCUT2D eigenvalue weighted by Crippen LogP contribution is -2.10. The van der Waals surface area contributed by atoms with Crippen molar-refractivity contribution in [2.24, 2.45) is 0 Å². The maximum absolute atomic E-state index is 13.8. The Bertz CT molecular complexity index is 554. The summed E-state index contributed by atoms with van der Waals surface area (Å²) in [4.78, 5) is 0. The van der Waals surface area contributed by atoms with Gasteiger partial charge in [-0.3, -0.25) is 0 Å². The number of hydrogen-bond donors (Lipinski definition) is 1. The van der Waals surface area contributed by atoms with Crippen molar-refractivity contribution in [2.75, 3.05) is 13.2 Å². The topological polar surface area (TPSA) is 29.5 Å². The zero-order chi connectivity index (χ0) is 14.4. The van der Waals surface area contributed by atoms with Gasteiger partial charge in [0.2, 0.25) is 0 Å². The lowest BCUT2D eigenvalue weighted by Gasteiger charge is -2.16. The molecule has 0 radical (unpaired) electrons. The number of rotatable bonds is 6. The van der Waals surface area contributed by atoms with Crippen LogP contribution in [0.5, 0.6) is 5.75 Å². The van der Waals surface area contributed by atoms with E-state index in [1.165, 1.54) is 6.07 Å². The predicted molar refractivity (Wildman–Crippen MR) is 77.5 cm³/mol. The molecule has 0 aliphatic heterocycles. The summed E-state index contributed by atoms with van der Waals surface area (Å²) in [5, 5.41) is 9.54. The van der Waals surface area contributed by atoms with Gasteiger partial charge < -0.3 is 9.84 Å². The summed E-state index contributed by atoms with van der Waals surface area (Å²) in [5.74, 6) is 0.288. The summed E-state index contributed by atoms with van der Waals surface area (Å²) in [6.07, 6.45) is 0.582. The minimum absolute atomic E-state index is 0.0835. The number of benzene rings is 2. The summed E-state index contributed by atoms with van der Waals surface area (Å²) in [6, 6.07) is 14.3. The Labute approximate surface area is 118 Å². The second-order valence-corrected chi connectivity index (χ2v) is 4.69. The van der Waals surface area contributed by atoms with Crippen molar-refractivity contribution in [3.63, 3.8) is 0 Å².